The van der Waals surface area contributed by atoms with Crippen LogP contribution in [0.4, 0.5) is 4.39 Å². The number of imidazole rings is 1. The van der Waals surface area contributed by atoms with Crippen LogP contribution in [0.15, 0.2) is 104 Å². The highest BCUT2D eigenvalue weighted by atomic mass is 19.1. The number of benzene rings is 4. The van der Waals surface area contributed by atoms with Crippen LogP contribution in [0.3, 0.4) is 0 Å². The summed E-state index contributed by atoms with van der Waals surface area (Å²) < 4.78 is 21.5. The molecule has 4 aromatic carbocycles. The van der Waals surface area contributed by atoms with Crippen molar-refractivity contribution >= 4 is 16.7 Å². The predicted molar refractivity (Wildman–Crippen MR) is 138 cm³/mol. The van der Waals surface area contributed by atoms with E-state index in [4.69, 9.17) is 4.74 Å². The van der Waals surface area contributed by atoms with Crippen molar-refractivity contribution in [3.63, 3.8) is 0 Å². The number of nitrogens with one attached hydrogen (secondary N) is 1. The van der Waals surface area contributed by atoms with Crippen molar-refractivity contribution in [3.8, 4) is 5.75 Å². The number of hydrogen-bond acceptors (Lipinski definition) is 3. The van der Waals surface area contributed by atoms with Crippen LogP contribution in [0.25, 0.3) is 10.8 Å². The summed E-state index contributed by atoms with van der Waals surface area (Å²) in [6, 6.07) is 28.0. The summed E-state index contributed by atoms with van der Waals surface area (Å²) in [6.45, 7) is 1.44. The van der Waals surface area contributed by atoms with E-state index in [1.54, 1.807) is 18.6 Å². The van der Waals surface area contributed by atoms with Crippen molar-refractivity contribution in [2.45, 2.75) is 19.6 Å². The molecule has 1 aromatic heterocycles. The van der Waals surface area contributed by atoms with E-state index >= 15 is 0 Å². The minimum Gasteiger partial charge on any atom is -0.489 e. The van der Waals surface area contributed by atoms with Crippen molar-refractivity contribution in [3.05, 3.63) is 132 Å². The summed E-state index contributed by atoms with van der Waals surface area (Å²) >= 11 is 0. The lowest BCUT2D eigenvalue weighted by Gasteiger charge is -2.12. The van der Waals surface area contributed by atoms with E-state index in [2.05, 4.69) is 10.3 Å². The molecule has 5 nitrogen and oxygen atoms in total. The van der Waals surface area contributed by atoms with E-state index in [1.807, 2.05) is 77.4 Å². The SMILES string of the molecule is O=C(NCCc1cncn1Cc1cccc(F)c1)c1cccc2ccc(OCc3ccccc3)cc12. The standard InChI is InChI=1S/C30H26FN3O2/c31-25-10-4-8-23(16-25)19-34-21-32-18-26(34)14-15-33-30(35)28-11-5-9-24-12-13-27(17-29(24)28)36-20-22-6-2-1-3-7-22/h1-13,16-18,21H,14-15,19-20H2,(H,33,35). The first-order valence-electron chi connectivity index (χ1n) is 11.9. The van der Waals surface area contributed by atoms with Crippen LogP contribution in [0.5, 0.6) is 5.75 Å². The fourth-order valence-electron chi connectivity index (χ4n) is 4.21. The van der Waals surface area contributed by atoms with Gasteiger partial charge in [0.25, 0.3) is 5.91 Å². The maximum Gasteiger partial charge on any atom is 0.251 e. The molecule has 0 unspecified atom stereocenters. The number of halogens is 1. The van der Waals surface area contributed by atoms with Crippen LogP contribution in [-0.4, -0.2) is 22.0 Å². The van der Waals surface area contributed by atoms with Gasteiger partial charge in [0.15, 0.2) is 0 Å². The molecule has 0 bridgehead atoms. The molecule has 5 aromatic rings. The highest BCUT2D eigenvalue weighted by Crippen LogP contribution is 2.25. The zero-order valence-electron chi connectivity index (χ0n) is 19.7. The van der Waals surface area contributed by atoms with Crippen molar-refractivity contribution in [2.24, 2.45) is 0 Å². The van der Waals surface area contributed by atoms with E-state index in [1.165, 1.54) is 12.1 Å². The first-order chi connectivity index (χ1) is 17.7. The summed E-state index contributed by atoms with van der Waals surface area (Å²) in [5, 5.41) is 4.85. The highest BCUT2D eigenvalue weighted by Gasteiger charge is 2.12. The van der Waals surface area contributed by atoms with Crippen LogP contribution in [0.1, 0.15) is 27.2 Å². The molecule has 6 heteroatoms. The molecular formula is C30H26FN3O2. The third-order valence-corrected chi connectivity index (χ3v) is 6.05. The number of fused-ring (bicyclic) bond motifs is 1. The van der Waals surface area contributed by atoms with E-state index in [0.29, 0.717) is 37.4 Å². The number of ether oxygens (including phenoxy) is 1. The second-order valence-corrected chi connectivity index (χ2v) is 8.61. The Kier molecular flexibility index (Phi) is 7.03. The van der Waals surface area contributed by atoms with Gasteiger partial charge in [-0.3, -0.25) is 4.79 Å². The molecule has 180 valence electrons. The minimum atomic E-state index is -0.259. The topological polar surface area (TPSA) is 56.2 Å². The molecule has 0 aliphatic rings. The summed E-state index contributed by atoms with van der Waals surface area (Å²) in [5.41, 5.74) is 3.51. The normalized spacial score (nSPS) is 10.9. The number of hydrogen-bond donors (Lipinski definition) is 1. The molecule has 0 atom stereocenters. The Balaban J connectivity index is 1.24. The summed E-state index contributed by atoms with van der Waals surface area (Å²) in [4.78, 5) is 17.3. The van der Waals surface area contributed by atoms with Gasteiger partial charge in [0.1, 0.15) is 18.2 Å². The summed E-state index contributed by atoms with van der Waals surface area (Å²) in [5.74, 6) is 0.315. The molecule has 1 heterocycles. The van der Waals surface area contributed by atoms with Gasteiger partial charge in [0.2, 0.25) is 0 Å². The Morgan fingerprint density at radius 1 is 0.917 bits per heavy atom. The van der Waals surface area contributed by atoms with Gasteiger partial charge in [0.05, 0.1) is 6.33 Å². The highest BCUT2D eigenvalue weighted by molar-refractivity contribution is 6.07. The van der Waals surface area contributed by atoms with Gasteiger partial charge in [0, 0.05) is 37.0 Å². The average Bonchev–Trinajstić information content (AvgIpc) is 3.34. The maximum absolute atomic E-state index is 13.5. The number of nitrogens with zero attached hydrogens (tertiary/aromatic N) is 2. The molecule has 0 aliphatic carbocycles. The summed E-state index contributed by atoms with van der Waals surface area (Å²) in [6.07, 6.45) is 4.11. The number of aromatic nitrogens is 2. The molecule has 0 radical (unpaired) electrons. The summed E-state index contributed by atoms with van der Waals surface area (Å²) in [7, 11) is 0. The maximum atomic E-state index is 13.5. The number of amides is 1. The molecule has 0 saturated heterocycles. The van der Waals surface area contributed by atoms with Crippen LogP contribution in [-0.2, 0) is 19.6 Å². The minimum absolute atomic E-state index is 0.142. The zero-order chi connectivity index (χ0) is 24.7. The van der Waals surface area contributed by atoms with E-state index in [0.717, 1.165) is 27.6 Å². The smallest absolute Gasteiger partial charge is 0.251 e. The van der Waals surface area contributed by atoms with E-state index in [-0.39, 0.29) is 11.7 Å². The lowest BCUT2D eigenvalue weighted by Crippen LogP contribution is -2.26. The van der Waals surface area contributed by atoms with E-state index < -0.39 is 0 Å². The van der Waals surface area contributed by atoms with Gasteiger partial charge in [-0.05, 0) is 52.2 Å². The Bertz CT molecular complexity index is 1480. The number of carbonyl (C=O) groups excluding carboxylic acids is 1. The first kappa shape index (κ1) is 23.3. The Hall–Kier alpha value is -4.45. The van der Waals surface area contributed by atoms with Gasteiger partial charge >= 0.3 is 0 Å². The largest absolute Gasteiger partial charge is 0.489 e. The Morgan fingerprint density at radius 2 is 1.75 bits per heavy atom. The predicted octanol–water partition coefficient (Wildman–Crippen LogP) is 5.78. The van der Waals surface area contributed by atoms with Crippen LogP contribution in [0, 0.1) is 5.82 Å². The lowest BCUT2D eigenvalue weighted by molar-refractivity contribution is 0.0955. The molecule has 0 aliphatic heterocycles. The first-order valence-corrected chi connectivity index (χ1v) is 11.9. The van der Waals surface area contributed by atoms with Gasteiger partial charge in [-0.1, -0.05) is 60.7 Å². The van der Waals surface area contributed by atoms with Crippen LogP contribution >= 0.6 is 0 Å². The Morgan fingerprint density at radius 3 is 2.61 bits per heavy atom. The molecule has 36 heavy (non-hydrogen) atoms. The van der Waals surface area contributed by atoms with Crippen LogP contribution in [0.2, 0.25) is 0 Å². The molecule has 1 N–H and O–H groups in total. The molecule has 0 fully saturated rings. The third kappa shape index (κ3) is 5.61. The van der Waals surface area contributed by atoms with E-state index in [9.17, 15) is 9.18 Å². The van der Waals surface area contributed by atoms with Crippen molar-refractivity contribution in [1.29, 1.82) is 0 Å². The van der Waals surface area contributed by atoms with Crippen molar-refractivity contribution in [1.82, 2.24) is 14.9 Å². The number of rotatable bonds is 9. The van der Waals surface area contributed by atoms with Gasteiger partial charge < -0.3 is 14.6 Å². The van der Waals surface area contributed by atoms with Gasteiger partial charge in [-0.25, -0.2) is 9.37 Å². The molecule has 1 amide bonds. The third-order valence-electron chi connectivity index (χ3n) is 6.05. The van der Waals surface area contributed by atoms with Crippen molar-refractivity contribution < 1.29 is 13.9 Å². The monoisotopic (exact) mass is 479 g/mol. The molecule has 0 saturated carbocycles. The fraction of sp³-hybridized carbons (Fsp3) is 0.133. The second-order valence-electron chi connectivity index (χ2n) is 8.61. The molecular weight excluding hydrogens is 453 g/mol. The Labute approximate surface area is 209 Å². The van der Waals surface area contributed by atoms with Gasteiger partial charge in [-0.2, -0.15) is 0 Å². The molecule has 5 rings (SSSR count). The lowest BCUT2D eigenvalue weighted by atomic mass is 10.0. The zero-order valence-corrected chi connectivity index (χ0v) is 19.7. The quantitative estimate of drug-likeness (QED) is 0.292. The average molecular weight is 480 g/mol. The molecule has 0 spiro atoms. The number of carbonyl (C=O) groups is 1. The fourth-order valence-corrected chi connectivity index (χ4v) is 4.21. The van der Waals surface area contributed by atoms with Gasteiger partial charge in [-0.15, -0.1) is 0 Å². The van der Waals surface area contributed by atoms with Crippen molar-refractivity contribution in [2.75, 3.05) is 6.54 Å². The second kappa shape index (κ2) is 10.9. The van der Waals surface area contributed by atoms with Crippen LogP contribution < -0.4 is 10.1 Å².